The molecule has 0 bridgehead atoms. The van der Waals surface area contributed by atoms with Gasteiger partial charge in [0, 0.05) is 0 Å². The molecular formula is C9H8Cl2O2. The van der Waals surface area contributed by atoms with E-state index in [2.05, 4.69) is 0 Å². The van der Waals surface area contributed by atoms with Crippen molar-refractivity contribution in [2.45, 2.75) is 6.92 Å². The minimum Gasteiger partial charge on any atom is -0.496 e. The van der Waals surface area contributed by atoms with Crippen LogP contribution < -0.4 is 4.74 Å². The Bertz CT molecular complexity index is 348. The summed E-state index contributed by atoms with van der Waals surface area (Å²) in [4.78, 5) is 11.2. The third kappa shape index (κ3) is 1.95. The van der Waals surface area contributed by atoms with E-state index in [1.165, 1.54) is 14.0 Å². The molecule has 0 saturated heterocycles. The molecule has 0 fully saturated rings. The lowest BCUT2D eigenvalue weighted by atomic mass is 10.1. The van der Waals surface area contributed by atoms with Crippen molar-refractivity contribution in [2.24, 2.45) is 0 Å². The quantitative estimate of drug-likeness (QED) is 0.714. The van der Waals surface area contributed by atoms with Gasteiger partial charge in [-0.2, -0.15) is 0 Å². The van der Waals surface area contributed by atoms with Gasteiger partial charge in [0.15, 0.2) is 5.78 Å². The largest absolute Gasteiger partial charge is 0.496 e. The highest BCUT2D eigenvalue weighted by Gasteiger charge is 2.14. The van der Waals surface area contributed by atoms with Gasteiger partial charge in [-0.3, -0.25) is 4.79 Å². The van der Waals surface area contributed by atoms with E-state index in [4.69, 9.17) is 27.9 Å². The van der Waals surface area contributed by atoms with E-state index in [-0.39, 0.29) is 10.8 Å². The average Bonchev–Trinajstić information content (AvgIpc) is 2.08. The number of hydrogen-bond donors (Lipinski definition) is 0. The van der Waals surface area contributed by atoms with Gasteiger partial charge in [-0.1, -0.05) is 23.2 Å². The van der Waals surface area contributed by atoms with E-state index >= 15 is 0 Å². The molecular weight excluding hydrogens is 211 g/mol. The maximum absolute atomic E-state index is 11.2. The van der Waals surface area contributed by atoms with Crippen molar-refractivity contribution in [3.63, 3.8) is 0 Å². The van der Waals surface area contributed by atoms with Gasteiger partial charge in [-0.15, -0.1) is 0 Å². The van der Waals surface area contributed by atoms with Crippen molar-refractivity contribution in [3.05, 3.63) is 27.7 Å². The van der Waals surface area contributed by atoms with E-state index < -0.39 is 0 Å². The van der Waals surface area contributed by atoms with Crippen LogP contribution in [0.3, 0.4) is 0 Å². The molecule has 13 heavy (non-hydrogen) atoms. The predicted octanol–water partition coefficient (Wildman–Crippen LogP) is 3.20. The second-order valence-corrected chi connectivity index (χ2v) is 3.28. The highest BCUT2D eigenvalue weighted by molar-refractivity contribution is 6.44. The fourth-order valence-electron chi connectivity index (χ4n) is 1.03. The molecule has 0 aliphatic rings. The Balaban J connectivity index is 3.41. The van der Waals surface area contributed by atoms with Crippen molar-refractivity contribution in [1.29, 1.82) is 0 Å². The van der Waals surface area contributed by atoms with Gasteiger partial charge in [0.2, 0.25) is 0 Å². The Morgan fingerprint density at radius 3 is 2.46 bits per heavy atom. The van der Waals surface area contributed by atoms with E-state index in [0.29, 0.717) is 16.3 Å². The Hall–Kier alpha value is -0.730. The Morgan fingerprint density at radius 2 is 2.00 bits per heavy atom. The highest BCUT2D eigenvalue weighted by atomic mass is 35.5. The van der Waals surface area contributed by atoms with Crippen LogP contribution in [-0.4, -0.2) is 12.9 Å². The first-order valence-electron chi connectivity index (χ1n) is 3.61. The van der Waals surface area contributed by atoms with Crippen LogP contribution in [0.5, 0.6) is 5.75 Å². The summed E-state index contributed by atoms with van der Waals surface area (Å²) in [6, 6.07) is 3.21. The van der Waals surface area contributed by atoms with Crippen molar-refractivity contribution < 1.29 is 9.53 Å². The summed E-state index contributed by atoms with van der Waals surface area (Å²) < 4.78 is 4.98. The molecule has 0 atom stereocenters. The monoisotopic (exact) mass is 218 g/mol. The molecule has 1 aromatic carbocycles. The van der Waals surface area contributed by atoms with Crippen LogP contribution in [0.1, 0.15) is 17.3 Å². The Morgan fingerprint density at radius 1 is 1.38 bits per heavy atom. The summed E-state index contributed by atoms with van der Waals surface area (Å²) in [6.07, 6.45) is 0. The Labute approximate surface area is 86.4 Å². The first kappa shape index (κ1) is 10.4. The predicted molar refractivity (Wildman–Crippen MR) is 53.0 cm³/mol. The Kier molecular flexibility index (Phi) is 3.17. The van der Waals surface area contributed by atoms with E-state index in [1.807, 2.05) is 0 Å². The van der Waals surface area contributed by atoms with Crippen LogP contribution in [-0.2, 0) is 0 Å². The average molecular weight is 219 g/mol. The first-order valence-corrected chi connectivity index (χ1v) is 4.36. The number of methoxy groups -OCH3 is 1. The molecule has 0 N–H and O–H groups in total. The number of benzene rings is 1. The lowest BCUT2D eigenvalue weighted by molar-refractivity contribution is 0.101. The SMILES string of the molecule is COc1ccc(Cl)c(Cl)c1C(C)=O. The van der Waals surface area contributed by atoms with Crippen LogP contribution in [0, 0.1) is 0 Å². The fourth-order valence-corrected chi connectivity index (χ4v) is 1.48. The maximum atomic E-state index is 11.2. The van der Waals surface area contributed by atoms with Crippen molar-refractivity contribution in [1.82, 2.24) is 0 Å². The van der Waals surface area contributed by atoms with Gasteiger partial charge >= 0.3 is 0 Å². The van der Waals surface area contributed by atoms with Crippen LogP contribution in [0.4, 0.5) is 0 Å². The van der Waals surface area contributed by atoms with Crippen LogP contribution in [0.15, 0.2) is 12.1 Å². The van der Waals surface area contributed by atoms with Crippen LogP contribution >= 0.6 is 23.2 Å². The van der Waals surface area contributed by atoms with Gasteiger partial charge in [-0.05, 0) is 19.1 Å². The standard InChI is InChI=1S/C9H8Cl2O2/c1-5(12)8-7(13-2)4-3-6(10)9(8)11/h3-4H,1-2H3. The maximum Gasteiger partial charge on any atom is 0.165 e. The molecule has 1 rings (SSSR count). The third-order valence-corrected chi connectivity index (χ3v) is 2.43. The van der Waals surface area contributed by atoms with Gasteiger partial charge in [0.1, 0.15) is 5.75 Å². The first-order chi connectivity index (χ1) is 6.07. The molecule has 2 nitrogen and oxygen atoms in total. The highest BCUT2D eigenvalue weighted by Crippen LogP contribution is 2.32. The molecule has 0 heterocycles. The third-order valence-electron chi connectivity index (χ3n) is 1.63. The summed E-state index contributed by atoms with van der Waals surface area (Å²) >= 11 is 11.6. The number of Topliss-reactive ketones (excluding diaryl/α,β-unsaturated/α-hetero) is 1. The minimum absolute atomic E-state index is 0.163. The van der Waals surface area contributed by atoms with Gasteiger partial charge in [-0.25, -0.2) is 0 Å². The second-order valence-electron chi connectivity index (χ2n) is 2.49. The molecule has 0 amide bonds. The van der Waals surface area contributed by atoms with E-state index in [1.54, 1.807) is 12.1 Å². The van der Waals surface area contributed by atoms with Gasteiger partial charge < -0.3 is 4.74 Å². The molecule has 0 aliphatic heterocycles. The molecule has 4 heteroatoms. The van der Waals surface area contributed by atoms with Crippen molar-refractivity contribution >= 4 is 29.0 Å². The zero-order chi connectivity index (χ0) is 10.0. The molecule has 0 aliphatic carbocycles. The summed E-state index contributed by atoms with van der Waals surface area (Å²) in [5.74, 6) is 0.284. The van der Waals surface area contributed by atoms with Gasteiger partial charge in [0.25, 0.3) is 0 Å². The minimum atomic E-state index is -0.163. The van der Waals surface area contributed by atoms with Crippen LogP contribution in [0.25, 0.3) is 0 Å². The summed E-state index contributed by atoms with van der Waals surface area (Å²) in [5.41, 5.74) is 0.330. The summed E-state index contributed by atoms with van der Waals surface area (Å²) in [7, 11) is 1.48. The lowest BCUT2D eigenvalue weighted by Gasteiger charge is -2.08. The topological polar surface area (TPSA) is 26.3 Å². The van der Waals surface area contributed by atoms with Crippen molar-refractivity contribution in [2.75, 3.05) is 7.11 Å². The molecule has 0 saturated carbocycles. The van der Waals surface area contributed by atoms with Crippen molar-refractivity contribution in [3.8, 4) is 5.75 Å². The summed E-state index contributed by atoms with van der Waals surface area (Å²) in [6.45, 7) is 1.42. The zero-order valence-electron chi connectivity index (χ0n) is 7.23. The number of ether oxygens (including phenoxy) is 1. The molecule has 0 aromatic heterocycles. The van der Waals surface area contributed by atoms with E-state index in [9.17, 15) is 4.79 Å². The van der Waals surface area contributed by atoms with E-state index in [0.717, 1.165) is 0 Å². The molecule has 0 radical (unpaired) electrons. The second kappa shape index (κ2) is 3.99. The molecule has 0 unspecified atom stereocenters. The smallest absolute Gasteiger partial charge is 0.165 e. The molecule has 70 valence electrons. The number of carbonyl (C=O) groups excluding carboxylic acids is 1. The normalized spacial score (nSPS) is 9.85. The molecule has 1 aromatic rings. The number of rotatable bonds is 2. The number of hydrogen-bond acceptors (Lipinski definition) is 2. The molecule has 0 spiro atoms. The number of halogens is 2. The zero-order valence-corrected chi connectivity index (χ0v) is 8.74. The lowest BCUT2D eigenvalue weighted by Crippen LogP contribution is -1.98. The number of carbonyl (C=O) groups is 1. The van der Waals surface area contributed by atoms with Gasteiger partial charge in [0.05, 0.1) is 22.7 Å². The number of ketones is 1. The summed E-state index contributed by atoms with van der Waals surface area (Å²) in [5, 5.41) is 0.598. The van der Waals surface area contributed by atoms with Crippen LogP contribution in [0.2, 0.25) is 10.0 Å². The fraction of sp³-hybridized carbons (Fsp3) is 0.222.